The van der Waals surface area contributed by atoms with E-state index >= 15 is 0 Å². The van der Waals surface area contributed by atoms with Gasteiger partial charge < -0.3 is 10.8 Å². The third-order valence-electron chi connectivity index (χ3n) is 1.34. The zero-order valence-corrected chi connectivity index (χ0v) is 7.72. The normalized spacial score (nSPS) is 9.07. The van der Waals surface area contributed by atoms with Crippen LogP contribution in [0.3, 0.4) is 0 Å². The first kappa shape index (κ1) is 10.1. The highest BCUT2D eigenvalue weighted by Gasteiger charge is 2.15. The van der Waals surface area contributed by atoms with Crippen LogP contribution in [0.5, 0.6) is 0 Å². The summed E-state index contributed by atoms with van der Waals surface area (Å²) in [5, 5.41) is 11.1. The first-order valence-electron chi connectivity index (χ1n) is 3.44. The molecular weight excluding hydrogens is 204 g/mol. The molecule has 0 radical (unpaired) electrons. The van der Waals surface area contributed by atoms with Crippen molar-refractivity contribution >= 4 is 28.3 Å². The molecule has 0 aliphatic carbocycles. The number of amides is 2. The van der Waals surface area contributed by atoms with Crippen molar-refractivity contribution in [1.29, 1.82) is 0 Å². The molecule has 14 heavy (non-hydrogen) atoms. The standard InChI is InChI=1S/C8H6N2O3S/c1-2-4-3-5(7(11)12)6(14-4)10-8(9)13/h1,3H,(H,11,12)(H3,9,10,13). The van der Waals surface area contributed by atoms with Crippen LogP contribution in [-0.2, 0) is 0 Å². The fraction of sp³-hybridized carbons (Fsp3) is 0. The summed E-state index contributed by atoms with van der Waals surface area (Å²) in [4.78, 5) is 21.6. The van der Waals surface area contributed by atoms with E-state index in [0.717, 1.165) is 11.3 Å². The predicted molar refractivity (Wildman–Crippen MR) is 52.4 cm³/mol. The van der Waals surface area contributed by atoms with E-state index < -0.39 is 12.0 Å². The molecular formula is C8H6N2O3S. The van der Waals surface area contributed by atoms with Crippen LogP contribution >= 0.6 is 11.3 Å². The number of primary amides is 1. The molecule has 72 valence electrons. The molecule has 0 aliphatic rings. The average Bonchev–Trinajstić information content (AvgIpc) is 2.46. The molecule has 0 saturated heterocycles. The number of rotatable bonds is 2. The van der Waals surface area contributed by atoms with Crippen LogP contribution in [0, 0.1) is 12.3 Å². The fourth-order valence-electron chi connectivity index (χ4n) is 0.826. The lowest BCUT2D eigenvalue weighted by Gasteiger charge is -1.97. The Kier molecular flexibility index (Phi) is 2.74. The molecule has 2 amide bonds. The Morgan fingerprint density at radius 3 is 2.71 bits per heavy atom. The Balaban J connectivity index is 3.13. The number of aromatic carboxylic acids is 1. The highest BCUT2D eigenvalue weighted by molar-refractivity contribution is 7.17. The van der Waals surface area contributed by atoms with Crippen LogP contribution in [0.25, 0.3) is 0 Å². The van der Waals surface area contributed by atoms with E-state index in [-0.39, 0.29) is 10.6 Å². The van der Waals surface area contributed by atoms with Gasteiger partial charge in [-0.3, -0.25) is 5.32 Å². The smallest absolute Gasteiger partial charge is 0.338 e. The monoisotopic (exact) mass is 210 g/mol. The van der Waals surface area contributed by atoms with Gasteiger partial charge in [-0.1, -0.05) is 5.92 Å². The number of terminal acetylenes is 1. The molecule has 0 spiro atoms. The van der Waals surface area contributed by atoms with Crippen LogP contribution in [0.15, 0.2) is 6.07 Å². The molecule has 5 nitrogen and oxygen atoms in total. The van der Waals surface area contributed by atoms with Gasteiger partial charge >= 0.3 is 12.0 Å². The van der Waals surface area contributed by atoms with Crippen molar-refractivity contribution in [3.8, 4) is 12.3 Å². The Morgan fingerprint density at radius 2 is 2.29 bits per heavy atom. The van der Waals surface area contributed by atoms with Crippen molar-refractivity contribution in [3.05, 3.63) is 16.5 Å². The Labute approximate surface area is 83.5 Å². The molecule has 0 saturated carbocycles. The molecule has 0 bridgehead atoms. The number of hydrogen-bond acceptors (Lipinski definition) is 3. The zero-order chi connectivity index (χ0) is 10.7. The highest BCUT2D eigenvalue weighted by Crippen LogP contribution is 2.27. The largest absolute Gasteiger partial charge is 0.478 e. The molecule has 1 rings (SSSR count). The quantitative estimate of drug-likeness (QED) is 0.633. The minimum absolute atomic E-state index is 0.0539. The maximum Gasteiger partial charge on any atom is 0.338 e. The molecule has 0 unspecified atom stereocenters. The second-order valence-electron chi connectivity index (χ2n) is 2.29. The molecule has 1 heterocycles. The predicted octanol–water partition coefficient (Wildman–Crippen LogP) is 0.918. The maximum atomic E-state index is 10.7. The van der Waals surface area contributed by atoms with Crippen molar-refractivity contribution in [3.63, 3.8) is 0 Å². The second kappa shape index (κ2) is 3.81. The summed E-state index contributed by atoms with van der Waals surface area (Å²) in [6.45, 7) is 0. The molecule has 1 aromatic heterocycles. The summed E-state index contributed by atoms with van der Waals surface area (Å²) in [5.41, 5.74) is 4.80. The number of carboxylic acids is 1. The first-order valence-corrected chi connectivity index (χ1v) is 4.26. The van der Waals surface area contributed by atoms with Crippen molar-refractivity contribution in [2.45, 2.75) is 0 Å². The lowest BCUT2D eigenvalue weighted by atomic mass is 10.3. The van der Waals surface area contributed by atoms with Crippen molar-refractivity contribution < 1.29 is 14.7 Å². The van der Waals surface area contributed by atoms with Gasteiger partial charge in [0.2, 0.25) is 0 Å². The third-order valence-corrected chi connectivity index (χ3v) is 2.32. The number of thiophene rings is 1. The molecule has 4 N–H and O–H groups in total. The number of nitrogens with two attached hydrogens (primary N) is 1. The average molecular weight is 210 g/mol. The summed E-state index contributed by atoms with van der Waals surface area (Å²) in [6.07, 6.45) is 5.09. The van der Waals surface area contributed by atoms with Crippen LogP contribution < -0.4 is 11.1 Å². The summed E-state index contributed by atoms with van der Waals surface area (Å²) >= 11 is 0.987. The van der Waals surface area contributed by atoms with E-state index in [0.29, 0.717) is 4.88 Å². The van der Waals surface area contributed by atoms with E-state index in [9.17, 15) is 9.59 Å². The van der Waals surface area contributed by atoms with Gasteiger partial charge in [0.15, 0.2) is 0 Å². The Hall–Kier alpha value is -2.00. The fourth-order valence-corrected chi connectivity index (χ4v) is 1.69. The number of urea groups is 1. The number of carbonyl (C=O) groups is 2. The number of carbonyl (C=O) groups excluding carboxylic acids is 1. The van der Waals surface area contributed by atoms with Gasteiger partial charge in [0.05, 0.1) is 10.4 Å². The SMILES string of the molecule is C#Cc1cc(C(=O)O)c(NC(N)=O)s1. The molecule has 6 heteroatoms. The lowest BCUT2D eigenvalue weighted by molar-refractivity contribution is 0.0698. The van der Waals surface area contributed by atoms with Crippen LogP contribution in [0.2, 0.25) is 0 Å². The van der Waals surface area contributed by atoms with Crippen molar-refractivity contribution in [1.82, 2.24) is 0 Å². The molecule has 0 atom stereocenters. The van der Waals surface area contributed by atoms with E-state index in [1.807, 2.05) is 0 Å². The van der Waals surface area contributed by atoms with Crippen molar-refractivity contribution in [2.75, 3.05) is 5.32 Å². The van der Waals surface area contributed by atoms with E-state index in [4.69, 9.17) is 17.3 Å². The molecule has 0 aromatic carbocycles. The van der Waals surface area contributed by atoms with E-state index in [1.54, 1.807) is 0 Å². The van der Waals surface area contributed by atoms with Gasteiger partial charge in [0.25, 0.3) is 0 Å². The van der Waals surface area contributed by atoms with Crippen LogP contribution in [0.4, 0.5) is 9.80 Å². The van der Waals surface area contributed by atoms with E-state index in [1.165, 1.54) is 6.07 Å². The number of carboxylic acid groups (broad SMARTS) is 1. The number of nitrogens with one attached hydrogen (secondary N) is 1. The summed E-state index contributed by atoms with van der Waals surface area (Å²) in [5.74, 6) is 1.12. The molecule has 1 aromatic rings. The topological polar surface area (TPSA) is 92.4 Å². The van der Waals surface area contributed by atoms with Gasteiger partial charge in [-0.15, -0.1) is 17.8 Å². The summed E-state index contributed by atoms with van der Waals surface area (Å²) in [6, 6.07) is 0.482. The van der Waals surface area contributed by atoms with Gasteiger partial charge in [-0.05, 0) is 6.07 Å². The number of anilines is 1. The maximum absolute atomic E-state index is 10.7. The third kappa shape index (κ3) is 2.02. The zero-order valence-electron chi connectivity index (χ0n) is 6.90. The van der Waals surface area contributed by atoms with Gasteiger partial charge in [0.1, 0.15) is 5.00 Å². The Morgan fingerprint density at radius 1 is 1.64 bits per heavy atom. The molecule has 0 fully saturated rings. The van der Waals surface area contributed by atoms with Crippen LogP contribution in [-0.4, -0.2) is 17.1 Å². The van der Waals surface area contributed by atoms with Gasteiger partial charge in [-0.2, -0.15) is 0 Å². The minimum Gasteiger partial charge on any atom is -0.478 e. The van der Waals surface area contributed by atoms with Gasteiger partial charge in [0, 0.05) is 0 Å². The van der Waals surface area contributed by atoms with E-state index in [2.05, 4.69) is 11.2 Å². The van der Waals surface area contributed by atoms with Crippen LogP contribution in [0.1, 0.15) is 15.2 Å². The highest BCUT2D eigenvalue weighted by atomic mass is 32.1. The lowest BCUT2D eigenvalue weighted by Crippen LogP contribution is -2.19. The summed E-state index contributed by atoms with van der Waals surface area (Å²) in [7, 11) is 0. The Bertz CT molecular complexity index is 430. The van der Waals surface area contributed by atoms with Crippen molar-refractivity contribution in [2.24, 2.45) is 5.73 Å². The molecule has 0 aliphatic heterocycles. The van der Waals surface area contributed by atoms with Gasteiger partial charge in [-0.25, -0.2) is 9.59 Å². The minimum atomic E-state index is -1.16. The number of hydrogen-bond donors (Lipinski definition) is 3. The second-order valence-corrected chi connectivity index (χ2v) is 3.34. The first-order chi connectivity index (χ1) is 6.54. The summed E-state index contributed by atoms with van der Waals surface area (Å²) < 4.78 is 0.